The van der Waals surface area contributed by atoms with E-state index >= 15 is 0 Å². The summed E-state index contributed by atoms with van der Waals surface area (Å²) in [7, 11) is 0. The monoisotopic (exact) mass is 232 g/mol. The van der Waals surface area contributed by atoms with E-state index < -0.39 is 0 Å². The number of hydrogen-bond donors (Lipinski definition) is 2. The summed E-state index contributed by atoms with van der Waals surface area (Å²) in [5.41, 5.74) is 5.72. The molecule has 1 rings (SSSR count). The third kappa shape index (κ3) is 3.24. The lowest BCUT2D eigenvalue weighted by Gasteiger charge is -2.19. The van der Waals surface area contributed by atoms with Gasteiger partial charge in [0, 0.05) is 22.8 Å². The third-order valence-corrected chi connectivity index (χ3v) is 3.66. The quantitative estimate of drug-likeness (QED) is 0.820. The lowest BCUT2D eigenvalue weighted by molar-refractivity contribution is 0.456. The zero-order chi connectivity index (χ0) is 10.6. The van der Waals surface area contributed by atoms with E-state index in [1.165, 1.54) is 4.88 Å². The predicted molar refractivity (Wildman–Crippen MR) is 64.0 cm³/mol. The smallest absolute Gasteiger partial charge is 0.0541 e. The predicted octanol–water partition coefficient (Wildman–Crippen LogP) is 2.79. The van der Waals surface area contributed by atoms with Gasteiger partial charge in [0.05, 0.1) is 11.1 Å². The van der Waals surface area contributed by atoms with Crippen molar-refractivity contribution in [1.29, 1.82) is 0 Å². The molecule has 2 atom stereocenters. The normalized spacial score (nSPS) is 15.4. The second-order valence-electron chi connectivity index (χ2n) is 3.43. The zero-order valence-corrected chi connectivity index (χ0v) is 10.2. The molecule has 0 radical (unpaired) electrons. The lowest BCUT2D eigenvalue weighted by Crippen LogP contribution is -2.34. The highest BCUT2D eigenvalue weighted by Gasteiger charge is 2.13. The molecule has 0 aromatic carbocycles. The van der Waals surface area contributed by atoms with Gasteiger partial charge in [-0.25, -0.2) is 0 Å². The summed E-state index contributed by atoms with van der Waals surface area (Å²) in [6, 6.07) is 2.71. The van der Waals surface area contributed by atoms with Crippen molar-refractivity contribution in [2.45, 2.75) is 32.4 Å². The van der Waals surface area contributed by atoms with Crippen molar-refractivity contribution in [3.63, 3.8) is 0 Å². The molecule has 0 amide bonds. The summed E-state index contributed by atoms with van der Waals surface area (Å²) in [4.78, 5) is 1.22. The molecular weight excluding hydrogens is 216 g/mol. The van der Waals surface area contributed by atoms with Crippen LogP contribution in [0.25, 0.3) is 0 Å². The molecule has 1 aromatic rings. The maximum absolute atomic E-state index is 5.87. The van der Waals surface area contributed by atoms with Gasteiger partial charge in [-0.3, -0.25) is 0 Å². The maximum atomic E-state index is 5.87. The van der Waals surface area contributed by atoms with Gasteiger partial charge in [-0.2, -0.15) is 0 Å². The van der Waals surface area contributed by atoms with Crippen LogP contribution < -0.4 is 11.1 Å². The topological polar surface area (TPSA) is 38.0 Å². The van der Waals surface area contributed by atoms with Crippen LogP contribution in [-0.2, 0) is 0 Å². The van der Waals surface area contributed by atoms with Gasteiger partial charge in [-0.15, -0.1) is 11.3 Å². The van der Waals surface area contributed by atoms with Crippen LogP contribution in [0.15, 0.2) is 11.4 Å². The van der Waals surface area contributed by atoms with Crippen LogP contribution in [0.1, 0.15) is 31.2 Å². The highest BCUT2D eigenvalue weighted by molar-refractivity contribution is 7.10. The molecule has 0 saturated heterocycles. The van der Waals surface area contributed by atoms with Gasteiger partial charge in [-0.05, 0) is 19.4 Å². The Kier molecular flexibility index (Phi) is 4.89. The fourth-order valence-corrected chi connectivity index (χ4v) is 2.39. The van der Waals surface area contributed by atoms with Gasteiger partial charge in [0.2, 0.25) is 0 Å². The first-order valence-corrected chi connectivity index (χ1v) is 6.13. The van der Waals surface area contributed by atoms with Crippen molar-refractivity contribution in [2.24, 2.45) is 5.73 Å². The first kappa shape index (κ1) is 12.0. The highest BCUT2D eigenvalue weighted by Crippen LogP contribution is 2.25. The van der Waals surface area contributed by atoms with Crippen molar-refractivity contribution in [3.05, 3.63) is 21.3 Å². The highest BCUT2D eigenvalue weighted by atomic mass is 35.5. The zero-order valence-electron chi connectivity index (χ0n) is 8.59. The Hall–Kier alpha value is -0.0900. The van der Waals surface area contributed by atoms with Gasteiger partial charge < -0.3 is 11.1 Å². The molecule has 0 aliphatic carbocycles. The fourth-order valence-electron chi connectivity index (χ4n) is 1.24. The minimum atomic E-state index is 0.238. The van der Waals surface area contributed by atoms with Crippen molar-refractivity contribution in [1.82, 2.24) is 5.32 Å². The minimum Gasteiger partial charge on any atom is -0.329 e. The molecule has 3 N–H and O–H groups in total. The van der Waals surface area contributed by atoms with Crippen LogP contribution in [0.2, 0.25) is 5.02 Å². The van der Waals surface area contributed by atoms with E-state index in [0.29, 0.717) is 12.6 Å². The standard InChI is InChI=1S/C10H17ClN2S/c1-3-7(2)13-9(5-12)10-4-8(11)6-14-10/h4,6-7,9,13H,3,5,12H2,1-2H3. The van der Waals surface area contributed by atoms with Crippen LogP contribution in [0.5, 0.6) is 0 Å². The Balaban J connectivity index is 2.62. The van der Waals surface area contributed by atoms with Gasteiger partial charge >= 0.3 is 0 Å². The summed E-state index contributed by atoms with van der Waals surface area (Å²) >= 11 is 7.53. The molecule has 2 unspecified atom stereocenters. The van der Waals surface area contributed by atoms with Gasteiger partial charge in [0.15, 0.2) is 0 Å². The third-order valence-electron chi connectivity index (χ3n) is 2.26. The first-order valence-electron chi connectivity index (χ1n) is 4.87. The van der Waals surface area contributed by atoms with Crippen LogP contribution in [0.4, 0.5) is 0 Å². The second kappa shape index (κ2) is 5.71. The van der Waals surface area contributed by atoms with E-state index in [9.17, 15) is 0 Å². The summed E-state index contributed by atoms with van der Waals surface area (Å²) < 4.78 is 0. The van der Waals surface area contributed by atoms with Crippen LogP contribution in [-0.4, -0.2) is 12.6 Å². The molecule has 14 heavy (non-hydrogen) atoms. The molecule has 0 aliphatic rings. The number of rotatable bonds is 5. The van der Waals surface area contributed by atoms with Gasteiger partial charge in [0.1, 0.15) is 0 Å². The van der Waals surface area contributed by atoms with Crippen LogP contribution in [0, 0.1) is 0 Å². The first-order chi connectivity index (χ1) is 6.67. The maximum Gasteiger partial charge on any atom is 0.0541 e. The number of nitrogens with one attached hydrogen (secondary N) is 1. The summed E-state index contributed by atoms with van der Waals surface area (Å²) in [5.74, 6) is 0. The van der Waals surface area contributed by atoms with Crippen LogP contribution >= 0.6 is 22.9 Å². The molecule has 0 aliphatic heterocycles. The van der Waals surface area contributed by atoms with Crippen molar-refractivity contribution in [2.75, 3.05) is 6.54 Å². The van der Waals surface area contributed by atoms with Gasteiger partial charge in [0.25, 0.3) is 0 Å². The number of hydrogen-bond acceptors (Lipinski definition) is 3. The molecule has 80 valence electrons. The Bertz CT molecular complexity index is 275. The second-order valence-corrected chi connectivity index (χ2v) is 4.81. The van der Waals surface area contributed by atoms with Crippen LogP contribution in [0.3, 0.4) is 0 Å². The average molecular weight is 233 g/mol. The molecule has 0 saturated carbocycles. The van der Waals surface area contributed by atoms with E-state index in [2.05, 4.69) is 19.2 Å². The van der Waals surface area contributed by atoms with E-state index in [4.69, 9.17) is 17.3 Å². The van der Waals surface area contributed by atoms with Crippen molar-refractivity contribution >= 4 is 22.9 Å². The Morgan fingerprint density at radius 1 is 1.64 bits per heavy atom. The molecule has 0 spiro atoms. The Morgan fingerprint density at radius 3 is 2.79 bits per heavy atom. The SMILES string of the molecule is CCC(C)NC(CN)c1cc(Cl)cs1. The van der Waals surface area contributed by atoms with Crippen molar-refractivity contribution < 1.29 is 0 Å². The minimum absolute atomic E-state index is 0.238. The summed E-state index contributed by atoms with van der Waals surface area (Å²) in [5, 5.41) is 6.22. The number of halogens is 1. The van der Waals surface area contributed by atoms with E-state index in [-0.39, 0.29) is 6.04 Å². The Morgan fingerprint density at radius 2 is 2.36 bits per heavy atom. The molecule has 1 aromatic heterocycles. The van der Waals surface area contributed by atoms with E-state index in [1.54, 1.807) is 11.3 Å². The molecular formula is C10H17ClN2S. The average Bonchev–Trinajstić information content (AvgIpc) is 2.60. The molecule has 4 heteroatoms. The lowest BCUT2D eigenvalue weighted by atomic mass is 10.2. The molecule has 2 nitrogen and oxygen atoms in total. The van der Waals surface area contributed by atoms with Gasteiger partial charge in [-0.1, -0.05) is 18.5 Å². The van der Waals surface area contributed by atoms with E-state index in [1.807, 2.05) is 11.4 Å². The van der Waals surface area contributed by atoms with E-state index in [0.717, 1.165) is 11.4 Å². The molecule has 0 bridgehead atoms. The number of thiophene rings is 1. The largest absolute Gasteiger partial charge is 0.329 e. The molecule has 1 heterocycles. The Labute approximate surface area is 94.5 Å². The van der Waals surface area contributed by atoms with Crippen molar-refractivity contribution in [3.8, 4) is 0 Å². The number of nitrogens with two attached hydrogens (primary N) is 1. The molecule has 0 fully saturated rings. The summed E-state index contributed by atoms with van der Waals surface area (Å²) in [6.45, 7) is 4.94. The fraction of sp³-hybridized carbons (Fsp3) is 0.600. The summed E-state index contributed by atoms with van der Waals surface area (Å²) in [6.07, 6.45) is 1.11.